The van der Waals surface area contributed by atoms with Gasteiger partial charge in [0.05, 0.1) is 6.61 Å². The van der Waals surface area contributed by atoms with Gasteiger partial charge in [0.15, 0.2) is 0 Å². The van der Waals surface area contributed by atoms with Crippen LogP contribution in [0.1, 0.15) is 18.1 Å². The van der Waals surface area contributed by atoms with E-state index in [1.807, 2.05) is 49.5 Å². The van der Waals surface area contributed by atoms with E-state index in [9.17, 15) is 4.79 Å². The van der Waals surface area contributed by atoms with Crippen molar-refractivity contribution in [3.05, 3.63) is 71.9 Å². The number of para-hydroxylation sites is 1. The predicted molar refractivity (Wildman–Crippen MR) is 102 cm³/mol. The number of aromatic amines is 1. The highest BCUT2D eigenvalue weighted by molar-refractivity contribution is 5.91. The summed E-state index contributed by atoms with van der Waals surface area (Å²) < 4.78 is 5.40. The molecule has 4 heteroatoms. The summed E-state index contributed by atoms with van der Waals surface area (Å²) in [6.45, 7) is 3.21. The van der Waals surface area contributed by atoms with Crippen LogP contribution in [0.4, 0.5) is 0 Å². The van der Waals surface area contributed by atoms with Crippen molar-refractivity contribution in [2.24, 2.45) is 0 Å². The molecule has 128 valence electrons. The fraction of sp³-hybridized carbons (Fsp3) is 0.190. The van der Waals surface area contributed by atoms with Gasteiger partial charge in [0.25, 0.3) is 0 Å². The number of carbonyl (C=O) groups excluding carboxylic acids is 1. The first-order chi connectivity index (χ1) is 12.3. The number of amides is 1. The fourth-order valence-electron chi connectivity index (χ4n) is 2.73. The monoisotopic (exact) mass is 334 g/mol. The van der Waals surface area contributed by atoms with Crippen molar-refractivity contribution >= 4 is 22.9 Å². The van der Waals surface area contributed by atoms with E-state index in [0.29, 0.717) is 13.2 Å². The van der Waals surface area contributed by atoms with Gasteiger partial charge in [-0.1, -0.05) is 30.3 Å². The van der Waals surface area contributed by atoms with E-state index in [2.05, 4.69) is 22.4 Å². The van der Waals surface area contributed by atoms with Crippen molar-refractivity contribution < 1.29 is 9.53 Å². The normalized spacial score (nSPS) is 11.1. The van der Waals surface area contributed by atoms with E-state index in [1.54, 1.807) is 12.2 Å². The lowest BCUT2D eigenvalue weighted by Gasteiger charge is -2.03. The average Bonchev–Trinajstić information content (AvgIpc) is 3.05. The van der Waals surface area contributed by atoms with Crippen LogP contribution in [0.25, 0.3) is 17.0 Å². The molecular formula is C21H22N2O2. The number of hydrogen-bond acceptors (Lipinski definition) is 2. The molecule has 0 spiro atoms. The van der Waals surface area contributed by atoms with Crippen LogP contribution in [0, 0.1) is 0 Å². The van der Waals surface area contributed by atoms with Gasteiger partial charge in [0.2, 0.25) is 5.91 Å². The lowest BCUT2D eigenvalue weighted by molar-refractivity contribution is -0.116. The molecule has 2 N–H and O–H groups in total. The molecule has 0 radical (unpaired) electrons. The standard InChI is InChI=1S/C21H22N2O2/c1-2-25-18-10-7-16(8-11-18)9-12-21(24)22-14-13-17-15-23-20-6-4-3-5-19(17)20/h3-12,15,23H,2,13-14H2,1H3,(H,22,24). The second-order valence-electron chi connectivity index (χ2n) is 5.74. The van der Waals surface area contributed by atoms with Gasteiger partial charge in [0, 0.05) is 29.7 Å². The van der Waals surface area contributed by atoms with Gasteiger partial charge < -0.3 is 15.0 Å². The van der Waals surface area contributed by atoms with Crippen LogP contribution in [-0.4, -0.2) is 24.0 Å². The van der Waals surface area contributed by atoms with Gasteiger partial charge in [-0.2, -0.15) is 0 Å². The zero-order valence-corrected chi connectivity index (χ0v) is 14.3. The van der Waals surface area contributed by atoms with E-state index >= 15 is 0 Å². The Balaban J connectivity index is 1.49. The second-order valence-corrected chi connectivity index (χ2v) is 5.74. The molecule has 1 aromatic heterocycles. The summed E-state index contributed by atoms with van der Waals surface area (Å²) in [5, 5.41) is 4.13. The van der Waals surface area contributed by atoms with Crippen molar-refractivity contribution in [1.82, 2.24) is 10.3 Å². The molecule has 0 aliphatic carbocycles. The fourth-order valence-corrected chi connectivity index (χ4v) is 2.73. The van der Waals surface area contributed by atoms with Crippen LogP contribution < -0.4 is 10.1 Å². The summed E-state index contributed by atoms with van der Waals surface area (Å²) in [5.41, 5.74) is 3.31. The number of benzene rings is 2. The third kappa shape index (κ3) is 4.51. The Bertz CT molecular complexity index is 863. The highest BCUT2D eigenvalue weighted by Gasteiger charge is 2.03. The smallest absolute Gasteiger partial charge is 0.244 e. The van der Waals surface area contributed by atoms with Gasteiger partial charge in [-0.05, 0) is 48.7 Å². The molecule has 0 aliphatic rings. The van der Waals surface area contributed by atoms with E-state index in [-0.39, 0.29) is 5.91 Å². The van der Waals surface area contributed by atoms with Gasteiger partial charge in [0.1, 0.15) is 5.75 Å². The molecule has 0 saturated carbocycles. The highest BCUT2D eigenvalue weighted by Crippen LogP contribution is 2.17. The van der Waals surface area contributed by atoms with Gasteiger partial charge >= 0.3 is 0 Å². The molecule has 0 fully saturated rings. The van der Waals surface area contributed by atoms with Crippen LogP contribution in [-0.2, 0) is 11.2 Å². The van der Waals surface area contributed by atoms with E-state index in [1.165, 1.54) is 10.9 Å². The first-order valence-corrected chi connectivity index (χ1v) is 8.50. The number of H-pyrrole nitrogens is 1. The Labute approximate surface area is 147 Å². The molecular weight excluding hydrogens is 312 g/mol. The summed E-state index contributed by atoms with van der Waals surface area (Å²) in [5.74, 6) is 0.747. The average molecular weight is 334 g/mol. The maximum atomic E-state index is 11.9. The number of aromatic nitrogens is 1. The van der Waals surface area contributed by atoms with Gasteiger partial charge in [-0.3, -0.25) is 4.79 Å². The third-order valence-electron chi connectivity index (χ3n) is 3.99. The molecule has 25 heavy (non-hydrogen) atoms. The van der Waals surface area contributed by atoms with E-state index in [0.717, 1.165) is 23.3 Å². The van der Waals surface area contributed by atoms with Crippen LogP contribution in [0.5, 0.6) is 5.75 Å². The van der Waals surface area contributed by atoms with Crippen molar-refractivity contribution in [2.45, 2.75) is 13.3 Å². The summed E-state index contributed by atoms with van der Waals surface area (Å²) >= 11 is 0. The minimum absolute atomic E-state index is 0.0891. The lowest BCUT2D eigenvalue weighted by atomic mass is 10.1. The Morgan fingerprint density at radius 1 is 1.16 bits per heavy atom. The number of carbonyl (C=O) groups is 1. The van der Waals surface area contributed by atoms with Crippen LogP contribution in [0.15, 0.2) is 60.8 Å². The molecule has 0 unspecified atom stereocenters. The molecule has 0 saturated heterocycles. The van der Waals surface area contributed by atoms with Gasteiger partial charge in [-0.25, -0.2) is 0 Å². The summed E-state index contributed by atoms with van der Waals surface area (Å²) in [7, 11) is 0. The Kier molecular flexibility index (Phi) is 5.52. The van der Waals surface area contributed by atoms with Crippen molar-refractivity contribution in [1.29, 1.82) is 0 Å². The number of fused-ring (bicyclic) bond motifs is 1. The molecule has 1 heterocycles. The largest absolute Gasteiger partial charge is 0.494 e. The Morgan fingerprint density at radius 2 is 1.96 bits per heavy atom. The molecule has 2 aromatic carbocycles. The van der Waals surface area contributed by atoms with Crippen LogP contribution >= 0.6 is 0 Å². The minimum atomic E-state index is -0.0891. The quantitative estimate of drug-likeness (QED) is 0.643. The second kappa shape index (κ2) is 8.20. The minimum Gasteiger partial charge on any atom is -0.494 e. The first kappa shape index (κ1) is 16.8. The summed E-state index contributed by atoms with van der Waals surface area (Å²) in [6, 6.07) is 15.8. The van der Waals surface area contributed by atoms with Crippen molar-refractivity contribution in [2.75, 3.05) is 13.2 Å². The zero-order chi connectivity index (χ0) is 17.5. The van der Waals surface area contributed by atoms with Crippen molar-refractivity contribution in [3.63, 3.8) is 0 Å². The Hall–Kier alpha value is -3.01. The summed E-state index contributed by atoms with van der Waals surface area (Å²) in [6.07, 6.45) is 6.17. The van der Waals surface area contributed by atoms with Crippen LogP contribution in [0.3, 0.4) is 0 Å². The van der Waals surface area contributed by atoms with Gasteiger partial charge in [-0.15, -0.1) is 0 Å². The topological polar surface area (TPSA) is 54.1 Å². The van der Waals surface area contributed by atoms with Crippen LogP contribution in [0.2, 0.25) is 0 Å². The maximum absolute atomic E-state index is 11.9. The lowest BCUT2D eigenvalue weighted by Crippen LogP contribution is -2.23. The SMILES string of the molecule is CCOc1ccc(C=CC(=O)NCCc2c[nH]c3ccccc23)cc1. The number of ether oxygens (including phenoxy) is 1. The number of nitrogens with one attached hydrogen (secondary N) is 2. The third-order valence-corrected chi connectivity index (χ3v) is 3.99. The van der Waals surface area contributed by atoms with Crippen molar-refractivity contribution in [3.8, 4) is 5.75 Å². The molecule has 3 aromatic rings. The molecule has 1 amide bonds. The molecule has 3 rings (SSSR count). The number of rotatable bonds is 7. The van der Waals surface area contributed by atoms with E-state index < -0.39 is 0 Å². The molecule has 4 nitrogen and oxygen atoms in total. The highest BCUT2D eigenvalue weighted by atomic mass is 16.5. The molecule has 0 atom stereocenters. The summed E-state index contributed by atoms with van der Waals surface area (Å²) in [4.78, 5) is 15.2. The molecule has 0 bridgehead atoms. The molecule has 0 aliphatic heterocycles. The van der Waals surface area contributed by atoms with E-state index in [4.69, 9.17) is 4.74 Å². The first-order valence-electron chi connectivity index (χ1n) is 8.50. The predicted octanol–water partition coefficient (Wildman–Crippen LogP) is 3.94. The zero-order valence-electron chi connectivity index (χ0n) is 14.3. The number of hydrogen-bond donors (Lipinski definition) is 2. The maximum Gasteiger partial charge on any atom is 0.244 e. The Morgan fingerprint density at radius 3 is 2.76 bits per heavy atom.